The third-order valence-corrected chi connectivity index (χ3v) is 4.48. The topological polar surface area (TPSA) is 64.2 Å². The van der Waals surface area contributed by atoms with Gasteiger partial charge in [-0.2, -0.15) is 0 Å². The molecule has 0 aliphatic heterocycles. The van der Waals surface area contributed by atoms with Crippen molar-refractivity contribution in [3.63, 3.8) is 0 Å². The van der Waals surface area contributed by atoms with Gasteiger partial charge in [-0.15, -0.1) is 0 Å². The van der Waals surface area contributed by atoms with E-state index in [0.717, 1.165) is 18.4 Å². The highest BCUT2D eigenvalue weighted by atomic mass is 16.4. The van der Waals surface area contributed by atoms with E-state index in [1.54, 1.807) is 10.6 Å². The third kappa shape index (κ3) is 4.63. The zero-order valence-electron chi connectivity index (χ0n) is 15.0. The van der Waals surface area contributed by atoms with Crippen LogP contribution in [0.3, 0.4) is 0 Å². The van der Waals surface area contributed by atoms with Gasteiger partial charge in [0.05, 0.1) is 5.52 Å². The minimum Gasteiger partial charge on any atom is -0.408 e. The van der Waals surface area contributed by atoms with Crippen LogP contribution in [0.25, 0.3) is 11.1 Å². The van der Waals surface area contributed by atoms with E-state index in [4.69, 9.17) is 4.42 Å². The molecule has 3 aromatic rings. The molecule has 2 aromatic carbocycles. The van der Waals surface area contributed by atoms with Gasteiger partial charge in [-0.3, -0.25) is 9.36 Å². The molecule has 0 saturated carbocycles. The summed E-state index contributed by atoms with van der Waals surface area (Å²) >= 11 is 0. The largest absolute Gasteiger partial charge is 0.419 e. The number of rotatable bonds is 8. The molecule has 5 nitrogen and oxygen atoms in total. The monoisotopic (exact) mass is 352 g/mol. The second-order valence-corrected chi connectivity index (χ2v) is 6.58. The van der Waals surface area contributed by atoms with E-state index in [1.807, 2.05) is 43.3 Å². The highest BCUT2D eigenvalue weighted by Crippen LogP contribution is 2.12. The number of amides is 1. The normalized spacial score (nSPS) is 12.2. The van der Waals surface area contributed by atoms with Gasteiger partial charge in [0, 0.05) is 19.0 Å². The fraction of sp³-hybridized carbons (Fsp3) is 0.333. The molecule has 5 heteroatoms. The van der Waals surface area contributed by atoms with Crippen LogP contribution >= 0.6 is 0 Å². The lowest BCUT2D eigenvalue weighted by Crippen LogP contribution is -2.33. The first-order chi connectivity index (χ1) is 12.6. The zero-order valence-corrected chi connectivity index (χ0v) is 15.0. The van der Waals surface area contributed by atoms with Gasteiger partial charge < -0.3 is 9.73 Å². The van der Waals surface area contributed by atoms with Crippen molar-refractivity contribution in [3.05, 3.63) is 70.7 Å². The Balaban J connectivity index is 1.43. The summed E-state index contributed by atoms with van der Waals surface area (Å²) in [7, 11) is 0. The molecule has 0 radical (unpaired) electrons. The first-order valence-electron chi connectivity index (χ1n) is 9.05. The molecule has 0 unspecified atom stereocenters. The highest BCUT2D eigenvalue weighted by Gasteiger charge is 2.10. The van der Waals surface area contributed by atoms with E-state index in [1.165, 1.54) is 5.56 Å². The summed E-state index contributed by atoms with van der Waals surface area (Å²) in [5.74, 6) is -0.353. The summed E-state index contributed by atoms with van der Waals surface area (Å²) in [6, 6.07) is 17.7. The van der Waals surface area contributed by atoms with Gasteiger partial charge >= 0.3 is 5.76 Å². The standard InChI is InChI=1S/C21H24N2O3/c1-16(13-14-17-8-3-2-4-9-17)22-20(24)12-7-15-23-18-10-5-6-11-19(18)26-21(23)25/h2-6,8-11,16H,7,12-15H2,1H3,(H,22,24)/t16-/m1/s1. The minimum atomic E-state index is -0.372. The van der Waals surface area contributed by atoms with Crippen LogP contribution in [0.15, 0.2) is 63.8 Å². The highest BCUT2D eigenvalue weighted by molar-refractivity contribution is 5.76. The smallest absolute Gasteiger partial charge is 0.408 e. The van der Waals surface area contributed by atoms with Crippen LogP contribution < -0.4 is 11.1 Å². The number of nitrogens with zero attached hydrogens (tertiary/aromatic N) is 1. The lowest BCUT2D eigenvalue weighted by Gasteiger charge is -2.14. The number of fused-ring (bicyclic) bond motifs is 1. The van der Waals surface area contributed by atoms with Crippen molar-refractivity contribution >= 4 is 17.0 Å². The van der Waals surface area contributed by atoms with Crippen LogP contribution in [0.2, 0.25) is 0 Å². The number of aryl methyl sites for hydroxylation is 2. The SMILES string of the molecule is C[C@H](CCc1ccccc1)NC(=O)CCCn1c(=O)oc2ccccc21. The molecule has 26 heavy (non-hydrogen) atoms. The van der Waals surface area contributed by atoms with Crippen molar-refractivity contribution in [3.8, 4) is 0 Å². The maximum absolute atomic E-state index is 12.1. The summed E-state index contributed by atoms with van der Waals surface area (Å²) in [6.07, 6.45) is 2.84. The van der Waals surface area contributed by atoms with Crippen molar-refractivity contribution in [2.45, 2.75) is 45.2 Å². The van der Waals surface area contributed by atoms with Gasteiger partial charge in [-0.05, 0) is 43.9 Å². The Kier molecular flexibility index (Phi) is 5.89. The summed E-state index contributed by atoms with van der Waals surface area (Å²) < 4.78 is 6.79. The lowest BCUT2D eigenvalue weighted by atomic mass is 10.1. The number of nitrogens with one attached hydrogen (secondary N) is 1. The van der Waals surface area contributed by atoms with Crippen molar-refractivity contribution < 1.29 is 9.21 Å². The van der Waals surface area contributed by atoms with Crippen molar-refractivity contribution in [1.82, 2.24) is 9.88 Å². The fourth-order valence-corrected chi connectivity index (χ4v) is 3.07. The van der Waals surface area contributed by atoms with Gasteiger partial charge in [0.15, 0.2) is 5.58 Å². The van der Waals surface area contributed by atoms with Crippen LogP contribution in [0, 0.1) is 0 Å². The first-order valence-corrected chi connectivity index (χ1v) is 9.05. The second-order valence-electron chi connectivity index (χ2n) is 6.58. The Hall–Kier alpha value is -2.82. The molecule has 136 valence electrons. The third-order valence-electron chi connectivity index (χ3n) is 4.48. The molecule has 3 rings (SSSR count). The van der Waals surface area contributed by atoms with Gasteiger partial charge in [-0.25, -0.2) is 4.79 Å². The van der Waals surface area contributed by atoms with E-state index >= 15 is 0 Å². The molecule has 1 atom stereocenters. The molecule has 1 heterocycles. The van der Waals surface area contributed by atoms with Crippen LogP contribution in [-0.4, -0.2) is 16.5 Å². The lowest BCUT2D eigenvalue weighted by molar-refractivity contribution is -0.121. The van der Waals surface area contributed by atoms with Gasteiger partial charge in [-0.1, -0.05) is 42.5 Å². The van der Waals surface area contributed by atoms with Gasteiger partial charge in [0.2, 0.25) is 5.91 Å². The summed E-state index contributed by atoms with van der Waals surface area (Å²) in [4.78, 5) is 24.0. The molecule has 1 aromatic heterocycles. The average molecular weight is 352 g/mol. The summed E-state index contributed by atoms with van der Waals surface area (Å²) in [5, 5.41) is 3.03. The maximum Gasteiger partial charge on any atom is 0.419 e. The number of hydrogen-bond acceptors (Lipinski definition) is 3. The van der Waals surface area contributed by atoms with Crippen molar-refractivity contribution in [1.29, 1.82) is 0 Å². The van der Waals surface area contributed by atoms with E-state index in [-0.39, 0.29) is 17.7 Å². The second kappa shape index (κ2) is 8.52. The molecule has 0 saturated heterocycles. The molecule has 0 spiro atoms. The van der Waals surface area contributed by atoms with Crippen LogP contribution in [0.1, 0.15) is 31.7 Å². The molecule has 0 bridgehead atoms. The molecule has 0 fully saturated rings. The molecular weight excluding hydrogens is 328 g/mol. The molecule has 0 aliphatic rings. The first kappa shape index (κ1) is 18.0. The number of carbonyl (C=O) groups is 1. The predicted octanol–water partition coefficient (Wildman–Crippen LogP) is 3.51. The molecular formula is C21H24N2O3. The Morgan fingerprint density at radius 2 is 1.85 bits per heavy atom. The molecule has 0 aliphatic carbocycles. The van der Waals surface area contributed by atoms with Crippen molar-refractivity contribution in [2.24, 2.45) is 0 Å². The average Bonchev–Trinajstić information content (AvgIpc) is 2.96. The molecule has 1 amide bonds. The zero-order chi connectivity index (χ0) is 18.4. The van der Waals surface area contributed by atoms with Crippen LogP contribution in [-0.2, 0) is 17.8 Å². The number of carbonyl (C=O) groups excluding carboxylic acids is 1. The Bertz CT molecular complexity index is 912. The van der Waals surface area contributed by atoms with E-state index < -0.39 is 0 Å². The molecule has 1 N–H and O–H groups in total. The Morgan fingerprint density at radius 3 is 2.65 bits per heavy atom. The van der Waals surface area contributed by atoms with E-state index in [9.17, 15) is 9.59 Å². The quantitative estimate of drug-likeness (QED) is 0.675. The number of aromatic nitrogens is 1. The number of oxazole rings is 1. The summed E-state index contributed by atoms with van der Waals surface area (Å²) in [5.41, 5.74) is 2.63. The number of para-hydroxylation sites is 2. The maximum atomic E-state index is 12.1. The Labute approximate surface area is 152 Å². The number of benzene rings is 2. The fourth-order valence-electron chi connectivity index (χ4n) is 3.07. The van der Waals surface area contributed by atoms with Crippen LogP contribution in [0.4, 0.5) is 0 Å². The van der Waals surface area contributed by atoms with Gasteiger partial charge in [0.25, 0.3) is 0 Å². The van der Waals surface area contributed by atoms with E-state index in [0.29, 0.717) is 25.0 Å². The van der Waals surface area contributed by atoms with Crippen LogP contribution in [0.5, 0.6) is 0 Å². The predicted molar refractivity (Wildman–Crippen MR) is 102 cm³/mol. The van der Waals surface area contributed by atoms with Gasteiger partial charge in [0.1, 0.15) is 0 Å². The Morgan fingerprint density at radius 1 is 1.12 bits per heavy atom. The number of hydrogen-bond donors (Lipinski definition) is 1. The minimum absolute atomic E-state index is 0.0198. The summed E-state index contributed by atoms with van der Waals surface area (Å²) in [6.45, 7) is 2.50. The van der Waals surface area contributed by atoms with Crippen molar-refractivity contribution in [2.75, 3.05) is 0 Å². The van der Waals surface area contributed by atoms with E-state index in [2.05, 4.69) is 17.4 Å².